The average Bonchev–Trinajstić information content (AvgIpc) is 2.34. The van der Waals surface area contributed by atoms with E-state index in [9.17, 15) is 18.4 Å². The molecule has 1 amide bonds. The lowest BCUT2D eigenvalue weighted by Gasteiger charge is -2.13. The second-order valence-corrected chi connectivity index (χ2v) is 3.51. The first kappa shape index (κ1) is 14.8. The Morgan fingerprint density at radius 3 is 2.26 bits per heavy atom. The maximum atomic E-state index is 13.5. The number of aliphatic hydroxyl groups excluding tert-OH is 1. The van der Waals surface area contributed by atoms with E-state index in [1.807, 2.05) is 0 Å². The number of carboxylic acid groups (broad SMARTS) is 1. The molecule has 6 nitrogen and oxygen atoms in total. The summed E-state index contributed by atoms with van der Waals surface area (Å²) in [6.07, 6.45) is 0. The molecule has 1 rings (SSSR count). The van der Waals surface area contributed by atoms with Gasteiger partial charge >= 0.3 is 5.97 Å². The number of carboxylic acids is 1. The highest BCUT2D eigenvalue weighted by Gasteiger charge is 2.24. The number of ether oxygens (including phenoxy) is 1. The first-order chi connectivity index (χ1) is 8.90. The van der Waals surface area contributed by atoms with Crippen molar-refractivity contribution in [2.24, 2.45) is 0 Å². The Morgan fingerprint density at radius 1 is 1.37 bits per heavy atom. The molecule has 0 saturated carbocycles. The van der Waals surface area contributed by atoms with Gasteiger partial charge in [0, 0.05) is 12.1 Å². The van der Waals surface area contributed by atoms with Gasteiger partial charge in [0.05, 0.1) is 13.7 Å². The second kappa shape index (κ2) is 6.10. The van der Waals surface area contributed by atoms with E-state index in [1.54, 1.807) is 5.32 Å². The zero-order chi connectivity index (χ0) is 14.6. The summed E-state index contributed by atoms with van der Waals surface area (Å²) in [5.74, 6) is -5.32. The Hall–Kier alpha value is -2.22. The standard InChI is InChI=1S/C11H11F2NO5/c1-19-5-2-6(12)9(7(13)3-5)10(16)14-8(4-15)11(17)18/h2-3,8,15H,4H2,1H3,(H,14,16)(H,17,18)/t8-/m1/s1. The molecule has 104 valence electrons. The topological polar surface area (TPSA) is 95.9 Å². The number of benzene rings is 1. The fourth-order valence-corrected chi connectivity index (χ4v) is 1.30. The number of aliphatic hydroxyl groups is 1. The number of amides is 1. The Kier molecular flexibility index (Phi) is 4.76. The van der Waals surface area contributed by atoms with Crippen molar-refractivity contribution in [3.63, 3.8) is 0 Å². The lowest BCUT2D eigenvalue weighted by Crippen LogP contribution is -2.43. The zero-order valence-electron chi connectivity index (χ0n) is 9.81. The summed E-state index contributed by atoms with van der Waals surface area (Å²) in [4.78, 5) is 22.1. The van der Waals surface area contributed by atoms with Crippen LogP contribution in [0.2, 0.25) is 0 Å². The van der Waals surface area contributed by atoms with Crippen LogP contribution in [0.3, 0.4) is 0 Å². The summed E-state index contributed by atoms with van der Waals surface area (Å²) in [6, 6.07) is -0.0761. The molecular formula is C11H11F2NO5. The van der Waals surface area contributed by atoms with Crippen molar-refractivity contribution in [3.05, 3.63) is 29.3 Å². The van der Waals surface area contributed by atoms with Gasteiger partial charge in [0.25, 0.3) is 5.91 Å². The Labute approximate surface area is 106 Å². The van der Waals surface area contributed by atoms with Gasteiger partial charge in [-0.2, -0.15) is 0 Å². The predicted octanol–water partition coefficient (Wildman–Crippen LogP) is 0.149. The first-order valence-corrected chi connectivity index (χ1v) is 5.08. The van der Waals surface area contributed by atoms with Crippen LogP contribution >= 0.6 is 0 Å². The first-order valence-electron chi connectivity index (χ1n) is 5.08. The van der Waals surface area contributed by atoms with Crippen molar-refractivity contribution in [1.29, 1.82) is 0 Å². The normalized spacial score (nSPS) is 11.8. The quantitative estimate of drug-likeness (QED) is 0.711. The number of aliphatic carboxylic acids is 1. The van der Waals surface area contributed by atoms with Gasteiger partial charge in [0.2, 0.25) is 0 Å². The van der Waals surface area contributed by atoms with Crippen molar-refractivity contribution in [1.82, 2.24) is 5.32 Å². The molecule has 8 heteroatoms. The van der Waals surface area contributed by atoms with E-state index in [-0.39, 0.29) is 5.75 Å². The summed E-state index contributed by atoms with van der Waals surface area (Å²) >= 11 is 0. The highest BCUT2D eigenvalue weighted by atomic mass is 19.1. The number of nitrogens with one attached hydrogen (secondary N) is 1. The van der Waals surface area contributed by atoms with E-state index in [1.165, 1.54) is 7.11 Å². The van der Waals surface area contributed by atoms with Gasteiger partial charge in [-0.1, -0.05) is 0 Å². The molecule has 0 aliphatic rings. The smallest absolute Gasteiger partial charge is 0.328 e. The number of methoxy groups -OCH3 is 1. The summed E-state index contributed by atoms with van der Waals surface area (Å²) in [6.45, 7) is -0.902. The molecule has 0 aromatic heterocycles. The van der Waals surface area contributed by atoms with Crippen molar-refractivity contribution in [2.45, 2.75) is 6.04 Å². The van der Waals surface area contributed by atoms with Gasteiger partial charge in [-0.05, 0) is 0 Å². The third-order valence-electron chi connectivity index (χ3n) is 2.26. The van der Waals surface area contributed by atoms with Crippen LogP contribution in [-0.2, 0) is 4.79 Å². The summed E-state index contributed by atoms with van der Waals surface area (Å²) in [7, 11) is 1.19. The van der Waals surface area contributed by atoms with Crippen LogP contribution in [-0.4, -0.2) is 41.8 Å². The van der Waals surface area contributed by atoms with E-state index < -0.39 is 41.7 Å². The summed E-state index contributed by atoms with van der Waals surface area (Å²) < 4.78 is 31.6. The fraction of sp³-hybridized carbons (Fsp3) is 0.273. The molecule has 0 saturated heterocycles. The van der Waals surface area contributed by atoms with E-state index in [0.29, 0.717) is 0 Å². The summed E-state index contributed by atoms with van der Waals surface area (Å²) in [5, 5.41) is 19.1. The largest absolute Gasteiger partial charge is 0.497 e. The molecule has 1 aromatic carbocycles. The molecule has 0 aliphatic carbocycles. The number of carbonyl (C=O) groups is 2. The molecule has 0 bridgehead atoms. The Morgan fingerprint density at radius 2 is 1.89 bits per heavy atom. The van der Waals surface area contributed by atoms with Crippen LogP contribution in [0.15, 0.2) is 12.1 Å². The fourth-order valence-electron chi connectivity index (χ4n) is 1.30. The van der Waals surface area contributed by atoms with Gasteiger partial charge in [0.1, 0.15) is 22.9 Å². The SMILES string of the molecule is COc1cc(F)c(C(=O)N[C@H](CO)C(=O)O)c(F)c1. The molecule has 1 atom stereocenters. The average molecular weight is 275 g/mol. The van der Waals surface area contributed by atoms with Gasteiger partial charge < -0.3 is 20.3 Å². The number of rotatable bonds is 5. The van der Waals surface area contributed by atoms with Crippen molar-refractivity contribution >= 4 is 11.9 Å². The van der Waals surface area contributed by atoms with E-state index in [0.717, 1.165) is 12.1 Å². The molecule has 0 aliphatic heterocycles. The number of halogens is 2. The van der Waals surface area contributed by atoms with Crippen molar-refractivity contribution < 1.29 is 33.3 Å². The minimum absolute atomic E-state index is 0.122. The number of carbonyl (C=O) groups excluding carboxylic acids is 1. The molecular weight excluding hydrogens is 264 g/mol. The second-order valence-electron chi connectivity index (χ2n) is 3.51. The third-order valence-corrected chi connectivity index (χ3v) is 2.26. The van der Waals surface area contributed by atoms with Gasteiger partial charge in [0.15, 0.2) is 6.04 Å². The Balaban J connectivity index is 3.03. The lowest BCUT2D eigenvalue weighted by molar-refractivity contribution is -0.140. The zero-order valence-corrected chi connectivity index (χ0v) is 9.81. The molecule has 3 N–H and O–H groups in total. The number of hydrogen-bond donors (Lipinski definition) is 3. The highest BCUT2D eigenvalue weighted by Crippen LogP contribution is 2.20. The maximum Gasteiger partial charge on any atom is 0.328 e. The molecule has 0 unspecified atom stereocenters. The monoisotopic (exact) mass is 275 g/mol. The van der Waals surface area contributed by atoms with Crippen LogP contribution in [0.25, 0.3) is 0 Å². The summed E-state index contributed by atoms with van der Waals surface area (Å²) in [5.41, 5.74) is -0.944. The molecule has 0 fully saturated rings. The van der Waals surface area contributed by atoms with Gasteiger partial charge in [-0.3, -0.25) is 4.79 Å². The minimum Gasteiger partial charge on any atom is -0.497 e. The predicted molar refractivity (Wildman–Crippen MR) is 58.9 cm³/mol. The lowest BCUT2D eigenvalue weighted by atomic mass is 10.1. The number of hydrogen-bond acceptors (Lipinski definition) is 4. The molecule has 1 aromatic rings. The van der Waals surface area contributed by atoms with Crippen LogP contribution in [0.4, 0.5) is 8.78 Å². The molecule has 0 spiro atoms. The molecule has 0 heterocycles. The molecule has 19 heavy (non-hydrogen) atoms. The van der Waals surface area contributed by atoms with Crippen molar-refractivity contribution in [3.8, 4) is 5.75 Å². The highest BCUT2D eigenvalue weighted by molar-refractivity contribution is 5.97. The minimum atomic E-state index is -1.64. The maximum absolute atomic E-state index is 13.5. The van der Waals surface area contributed by atoms with E-state index >= 15 is 0 Å². The van der Waals surface area contributed by atoms with E-state index in [4.69, 9.17) is 10.2 Å². The van der Waals surface area contributed by atoms with Crippen LogP contribution in [0.5, 0.6) is 5.75 Å². The van der Waals surface area contributed by atoms with Gasteiger partial charge in [-0.15, -0.1) is 0 Å². The van der Waals surface area contributed by atoms with E-state index in [2.05, 4.69) is 4.74 Å². The third kappa shape index (κ3) is 3.38. The van der Waals surface area contributed by atoms with Crippen LogP contribution in [0, 0.1) is 11.6 Å². The van der Waals surface area contributed by atoms with Crippen LogP contribution in [0.1, 0.15) is 10.4 Å². The van der Waals surface area contributed by atoms with Crippen LogP contribution < -0.4 is 10.1 Å². The van der Waals surface area contributed by atoms with Crippen molar-refractivity contribution in [2.75, 3.05) is 13.7 Å². The van der Waals surface area contributed by atoms with Gasteiger partial charge in [-0.25, -0.2) is 13.6 Å². The molecule has 0 radical (unpaired) electrons. The Bertz CT molecular complexity index is 483.